The minimum absolute atomic E-state index is 0.301. The molecule has 1 atom stereocenters. The van der Waals surface area contributed by atoms with Crippen LogP contribution in [0, 0.1) is 12.7 Å². The molecule has 0 bridgehead atoms. The van der Waals surface area contributed by atoms with E-state index >= 15 is 0 Å². The summed E-state index contributed by atoms with van der Waals surface area (Å²) in [6.45, 7) is 1.95. The Balaban J connectivity index is 2.49. The minimum Gasteiger partial charge on any atom is -0.496 e. The van der Waals surface area contributed by atoms with Crippen molar-refractivity contribution in [3.8, 4) is 5.75 Å². The molecule has 0 fully saturated rings. The van der Waals surface area contributed by atoms with Crippen molar-refractivity contribution >= 4 is 15.9 Å². The number of aliphatic hydroxyl groups excluding tert-OH is 1. The van der Waals surface area contributed by atoms with E-state index in [-0.39, 0.29) is 0 Å². The molecule has 0 amide bonds. The van der Waals surface area contributed by atoms with Gasteiger partial charge in [-0.25, -0.2) is 4.39 Å². The maximum Gasteiger partial charge on any atom is 0.141 e. The van der Waals surface area contributed by atoms with Crippen LogP contribution in [0.2, 0.25) is 0 Å². The standard InChI is InChI=1S/C15H14BrFO2/c1-9-4-3-5-10(6-9)15(18)11-7-12(16)13(17)8-14(11)19-2/h3-8,15,18H,1-2H3. The topological polar surface area (TPSA) is 29.5 Å². The van der Waals surface area contributed by atoms with Crippen LogP contribution in [0.4, 0.5) is 4.39 Å². The van der Waals surface area contributed by atoms with Gasteiger partial charge in [0.05, 0.1) is 11.6 Å². The van der Waals surface area contributed by atoms with Crippen molar-refractivity contribution < 1.29 is 14.2 Å². The summed E-state index contributed by atoms with van der Waals surface area (Å²) in [5.41, 5.74) is 2.33. The summed E-state index contributed by atoms with van der Waals surface area (Å²) < 4.78 is 18.9. The lowest BCUT2D eigenvalue weighted by atomic mass is 9.99. The van der Waals surface area contributed by atoms with Gasteiger partial charge in [-0.15, -0.1) is 0 Å². The Morgan fingerprint density at radius 2 is 2.00 bits per heavy atom. The predicted molar refractivity (Wildman–Crippen MR) is 75.9 cm³/mol. The Hall–Kier alpha value is -1.39. The van der Waals surface area contributed by atoms with E-state index < -0.39 is 11.9 Å². The van der Waals surface area contributed by atoms with Gasteiger partial charge in [0.15, 0.2) is 0 Å². The summed E-state index contributed by atoms with van der Waals surface area (Å²) in [7, 11) is 1.45. The third-order valence-corrected chi connectivity index (χ3v) is 3.53. The lowest BCUT2D eigenvalue weighted by Crippen LogP contribution is -2.03. The van der Waals surface area contributed by atoms with Crippen molar-refractivity contribution in [3.63, 3.8) is 0 Å². The molecule has 19 heavy (non-hydrogen) atoms. The number of aliphatic hydroxyl groups is 1. The number of aryl methyl sites for hydroxylation is 1. The van der Waals surface area contributed by atoms with Crippen LogP contribution in [0.5, 0.6) is 5.75 Å². The lowest BCUT2D eigenvalue weighted by molar-refractivity contribution is 0.214. The largest absolute Gasteiger partial charge is 0.496 e. The molecule has 0 saturated heterocycles. The van der Waals surface area contributed by atoms with Crippen LogP contribution in [-0.4, -0.2) is 12.2 Å². The molecule has 2 rings (SSSR count). The molecule has 2 nitrogen and oxygen atoms in total. The highest BCUT2D eigenvalue weighted by molar-refractivity contribution is 9.10. The highest BCUT2D eigenvalue weighted by Crippen LogP contribution is 2.34. The molecule has 0 aliphatic carbocycles. The van der Waals surface area contributed by atoms with Gasteiger partial charge in [0.1, 0.15) is 17.7 Å². The molecule has 2 aromatic rings. The number of halogens is 2. The molecule has 2 aromatic carbocycles. The molecule has 0 spiro atoms. The van der Waals surface area contributed by atoms with Crippen LogP contribution >= 0.6 is 15.9 Å². The van der Waals surface area contributed by atoms with Crippen molar-refractivity contribution in [1.82, 2.24) is 0 Å². The Morgan fingerprint density at radius 1 is 1.26 bits per heavy atom. The molecule has 0 saturated carbocycles. The van der Waals surface area contributed by atoms with Gasteiger partial charge in [-0.1, -0.05) is 29.8 Å². The van der Waals surface area contributed by atoms with Crippen LogP contribution in [0.3, 0.4) is 0 Å². The van der Waals surface area contributed by atoms with Crippen molar-refractivity contribution in [1.29, 1.82) is 0 Å². The molecule has 1 unspecified atom stereocenters. The van der Waals surface area contributed by atoms with E-state index in [0.717, 1.165) is 11.1 Å². The van der Waals surface area contributed by atoms with E-state index in [1.807, 2.05) is 31.2 Å². The fraction of sp³-hybridized carbons (Fsp3) is 0.200. The number of methoxy groups -OCH3 is 1. The average molecular weight is 325 g/mol. The molecule has 0 aliphatic heterocycles. The second-order valence-corrected chi connectivity index (χ2v) is 5.18. The first-order valence-corrected chi connectivity index (χ1v) is 6.59. The van der Waals surface area contributed by atoms with E-state index in [9.17, 15) is 9.50 Å². The van der Waals surface area contributed by atoms with Crippen LogP contribution in [0.1, 0.15) is 22.8 Å². The highest BCUT2D eigenvalue weighted by Gasteiger charge is 2.18. The summed E-state index contributed by atoms with van der Waals surface area (Å²) in [6, 6.07) is 10.3. The Bertz CT molecular complexity index is 599. The molecular formula is C15H14BrFO2. The van der Waals surface area contributed by atoms with E-state index in [0.29, 0.717) is 15.8 Å². The number of ether oxygens (including phenoxy) is 1. The lowest BCUT2D eigenvalue weighted by Gasteiger charge is -2.16. The Morgan fingerprint density at radius 3 is 2.63 bits per heavy atom. The SMILES string of the molecule is COc1cc(F)c(Br)cc1C(O)c1cccc(C)c1. The quantitative estimate of drug-likeness (QED) is 0.925. The van der Waals surface area contributed by atoms with Crippen molar-refractivity contribution in [2.75, 3.05) is 7.11 Å². The molecule has 0 radical (unpaired) electrons. The molecule has 0 aliphatic rings. The first-order valence-electron chi connectivity index (χ1n) is 5.80. The molecular weight excluding hydrogens is 311 g/mol. The van der Waals surface area contributed by atoms with Gasteiger partial charge in [-0.05, 0) is 34.5 Å². The number of hydrogen-bond acceptors (Lipinski definition) is 2. The Labute approximate surface area is 120 Å². The fourth-order valence-electron chi connectivity index (χ4n) is 1.95. The van der Waals surface area contributed by atoms with Gasteiger partial charge >= 0.3 is 0 Å². The summed E-state index contributed by atoms with van der Waals surface area (Å²) in [5.74, 6) is -0.0910. The molecule has 0 aromatic heterocycles. The number of hydrogen-bond donors (Lipinski definition) is 1. The highest BCUT2D eigenvalue weighted by atomic mass is 79.9. The van der Waals surface area contributed by atoms with Crippen LogP contribution in [-0.2, 0) is 0 Å². The van der Waals surface area contributed by atoms with Gasteiger partial charge in [0.2, 0.25) is 0 Å². The van der Waals surface area contributed by atoms with Crippen LogP contribution in [0.25, 0.3) is 0 Å². The maximum atomic E-state index is 13.5. The van der Waals surface area contributed by atoms with Crippen molar-refractivity contribution in [3.05, 3.63) is 63.4 Å². The minimum atomic E-state index is -0.855. The van der Waals surface area contributed by atoms with Gasteiger partial charge in [0, 0.05) is 11.6 Å². The zero-order valence-electron chi connectivity index (χ0n) is 10.7. The first-order chi connectivity index (χ1) is 9.02. The third kappa shape index (κ3) is 2.96. The second kappa shape index (κ2) is 5.72. The van der Waals surface area contributed by atoms with Gasteiger partial charge in [-0.3, -0.25) is 0 Å². The van der Waals surface area contributed by atoms with Gasteiger partial charge < -0.3 is 9.84 Å². The van der Waals surface area contributed by atoms with E-state index in [1.54, 1.807) is 6.07 Å². The first kappa shape index (κ1) is 14.0. The zero-order valence-corrected chi connectivity index (χ0v) is 12.2. The van der Waals surface area contributed by atoms with Crippen molar-refractivity contribution in [2.24, 2.45) is 0 Å². The average Bonchev–Trinajstić information content (AvgIpc) is 2.40. The summed E-state index contributed by atoms with van der Waals surface area (Å²) in [5, 5.41) is 10.4. The molecule has 0 heterocycles. The van der Waals surface area contributed by atoms with E-state index in [4.69, 9.17) is 4.74 Å². The predicted octanol–water partition coefficient (Wildman–Crippen LogP) is 3.99. The third-order valence-electron chi connectivity index (χ3n) is 2.93. The van der Waals surface area contributed by atoms with E-state index in [1.165, 1.54) is 13.2 Å². The molecule has 1 N–H and O–H groups in total. The zero-order chi connectivity index (χ0) is 14.0. The Kier molecular flexibility index (Phi) is 4.22. The monoisotopic (exact) mass is 324 g/mol. The molecule has 100 valence electrons. The van der Waals surface area contributed by atoms with Gasteiger partial charge in [0.25, 0.3) is 0 Å². The summed E-state index contributed by atoms with van der Waals surface area (Å²) in [6.07, 6.45) is -0.855. The maximum absolute atomic E-state index is 13.5. The number of benzene rings is 2. The normalized spacial score (nSPS) is 12.3. The van der Waals surface area contributed by atoms with Crippen molar-refractivity contribution in [2.45, 2.75) is 13.0 Å². The fourth-order valence-corrected chi connectivity index (χ4v) is 2.32. The van der Waals surface area contributed by atoms with Crippen LogP contribution in [0.15, 0.2) is 40.9 Å². The molecule has 4 heteroatoms. The number of rotatable bonds is 3. The summed E-state index contributed by atoms with van der Waals surface area (Å²) in [4.78, 5) is 0. The van der Waals surface area contributed by atoms with Crippen LogP contribution < -0.4 is 4.74 Å². The van der Waals surface area contributed by atoms with Gasteiger partial charge in [-0.2, -0.15) is 0 Å². The summed E-state index contributed by atoms with van der Waals surface area (Å²) >= 11 is 3.12. The second-order valence-electron chi connectivity index (χ2n) is 4.32. The van der Waals surface area contributed by atoms with E-state index in [2.05, 4.69) is 15.9 Å². The smallest absolute Gasteiger partial charge is 0.141 e.